The average molecular weight is 506 g/mol. The van der Waals surface area contributed by atoms with Gasteiger partial charge in [-0.3, -0.25) is 9.59 Å². The summed E-state index contributed by atoms with van der Waals surface area (Å²) in [4.78, 5) is 27.6. The van der Waals surface area contributed by atoms with E-state index >= 15 is 0 Å². The predicted molar refractivity (Wildman–Crippen MR) is 143 cm³/mol. The maximum atomic E-state index is 13.5. The molecule has 1 heterocycles. The van der Waals surface area contributed by atoms with Gasteiger partial charge in [-0.25, -0.2) is 0 Å². The fourth-order valence-electron chi connectivity index (χ4n) is 4.76. The Labute approximate surface area is 216 Å². The third-order valence-electron chi connectivity index (χ3n) is 6.84. The number of hydrogen-bond donors (Lipinski definition) is 3. The molecule has 1 aliphatic heterocycles. The molecule has 0 aliphatic carbocycles. The van der Waals surface area contributed by atoms with Crippen LogP contribution >= 0.6 is 0 Å². The van der Waals surface area contributed by atoms with Crippen LogP contribution in [0.25, 0.3) is 0 Å². The molecule has 0 radical (unpaired) electrons. The van der Waals surface area contributed by atoms with Crippen molar-refractivity contribution in [3.8, 4) is 0 Å². The number of nitrogens with one attached hydrogen (secondary N) is 1. The van der Waals surface area contributed by atoms with E-state index in [0.29, 0.717) is 45.6 Å². The minimum absolute atomic E-state index is 0.0119. The molecule has 0 saturated carbocycles. The van der Waals surface area contributed by atoms with Crippen LogP contribution in [-0.2, 0) is 25.5 Å². The monoisotopic (exact) mass is 505 g/mol. The van der Waals surface area contributed by atoms with Crippen molar-refractivity contribution in [2.75, 3.05) is 38.3 Å². The second kappa shape index (κ2) is 14.7. The first kappa shape index (κ1) is 30.2. The molecule has 1 aromatic carbocycles. The molecular weight excluding hydrogens is 458 g/mol. The van der Waals surface area contributed by atoms with Crippen molar-refractivity contribution >= 4 is 17.5 Å². The number of carbonyl (C=O) groups excluding carboxylic acids is 2. The number of hydrogen-bond acceptors (Lipinski definition) is 6. The van der Waals surface area contributed by atoms with Gasteiger partial charge in [0, 0.05) is 44.1 Å². The number of nitrogens with zero attached hydrogens (tertiary/aromatic N) is 1. The standard InChI is InChI=1S/C28H47N3O5/c1-6-7-12-30-27(34)20(2)15-25(32)23(29)17-28(3,4)18-26(33)31-19-22(36-14-13-35-5)16-21-10-8-9-11-24(21)31/h8-11,20,22-23,25,32H,6-7,12-19,29H2,1-5H3,(H,30,34)/t20-,22-,23+,25+/m1/s1. The normalized spacial score (nSPS) is 18.3. The van der Waals surface area contributed by atoms with Crippen LogP contribution in [0.2, 0.25) is 0 Å². The Hall–Kier alpha value is -2.00. The van der Waals surface area contributed by atoms with Crippen molar-refractivity contribution in [3.05, 3.63) is 29.8 Å². The summed E-state index contributed by atoms with van der Waals surface area (Å²) in [6, 6.07) is 7.42. The minimum Gasteiger partial charge on any atom is -0.391 e. The van der Waals surface area contributed by atoms with Crippen molar-refractivity contribution in [2.24, 2.45) is 17.1 Å². The van der Waals surface area contributed by atoms with Gasteiger partial charge in [-0.1, -0.05) is 52.3 Å². The van der Waals surface area contributed by atoms with Crippen molar-refractivity contribution in [2.45, 2.75) is 84.5 Å². The number of rotatable bonds is 15. The molecule has 36 heavy (non-hydrogen) atoms. The number of carbonyl (C=O) groups is 2. The van der Waals surface area contributed by atoms with Gasteiger partial charge in [0.1, 0.15) is 0 Å². The molecule has 4 atom stereocenters. The predicted octanol–water partition coefficient (Wildman–Crippen LogP) is 3.04. The van der Waals surface area contributed by atoms with Crippen LogP contribution in [0, 0.1) is 11.3 Å². The third kappa shape index (κ3) is 9.47. The Morgan fingerprint density at radius 2 is 2.00 bits per heavy atom. The SMILES string of the molecule is CCCCNC(=O)[C@H](C)C[C@H](O)[C@@H](N)CC(C)(C)CC(=O)N1C[C@H](OCCOC)Cc2ccccc21. The van der Waals surface area contributed by atoms with Crippen molar-refractivity contribution in [1.82, 2.24) is 5.32 Å². The van der Waals surface area contributed by atoms with Gasteiger partial charge in [-0.2, -0.15) is 0 Å². The van der Waals surface area contributed by atoms with E-state index in [9.17, 15) is 14.7 Å². The van der Waals surface area contributed by atoms with Crippen molar-refractivity contribution < 1.29 is 24.2 Å². The molecule has 8 nitrogen and oxygen atoms in total. The zero-order chi connectivity index (χ0) is 26.7. The molecule has 0 saturated heterocycles. The quantitative estimate of drug-likeness (QED) is 0.316. The van der Waals surface area contributed by atoms with Gasteiger partial charge in [0.25, 0.3) is 0 Å². The van der Waals surface area contributed by atoms with Crippen molar-refractivity contribution in [1.29, 1.82) is 0 Å². The molecule has 204 valence electrons. The summed E-state index contributed by atoms with van der Waals surface area (Å²) in [5, 5.41) is 13.6. The summed E-state index contributed by atoms with van der Waals surface area (Å²) in [5.41, 5.74) is 7.95. The first-order chi connectivity index (χ1) is 17.1. The number of aliphatic hydroxyl groups excluding tert-OH is 1. The number of fused-ring (bicyclic) bond motifs is 1. The Balaban J connectivity index is 1.96. The largest absolute Gasteiger partial charge is 0.391 e. The molecule has 1 aromatic rings. The molecule has 0 aromatic heterocycles. The topological polar surface area (TPSA) is 114 Å². The van der Waals surface area contributed by atoms with Crippen LogP contribution in [0.4, 0.5) is 5.69 Å². The van der Waals surface area contributed by atoms with Gasteiger partial charge < -0.3 is 30.5 Å². The Bertz CT molecular complexity index is 831. The van der Waals surface area contributed by atoms with Crippen LogP contribution < -0.4 is 16.0 Å². The van der Waals surface area contributed by atoms with Crippen LogP contribution in [0.5, 0.6) is 0 Å². The number of methoxy groups -OCH3 is 1. The molecule has 0 bridgehead atoms. The highest BCUT2D eigenvalue weighted by Gasteiger charge is 2.34. The molecule has 2 amide bonds. The summed E-state index contributed by atoms with van der Waals surface area (Å²) in [6.07, 6.45) is 2.85. The Morgan fingerprint density at radius 3 is 2.69 bits per heavy atom. The first-order valence-electron chi connectivity index (χ1n) is 13.3. The van der Waals surface area contributed by atoms with E-state index in [1.807, 2.05) is 49.9 Å². The van der Waals surface area contributed by atoms with E-state index in [-0.39, 0.29) is 23.8 Å². The van der Waals surface area contributed by atoms with Crippen molar-refractivity contribution in [3.63, 3.8) is 0 Å². The molecular formula is C28H47N3O5. The van der Waals surface area contributed by atoms with Gasteiger partial charge in [-0.15, -0.1) is 0 Å². The van der Waals surface area contributed by atoms with E-state index in [1.54, 1.807) is 7.11 Å². The van der Waals surface area contributed by atoms with Crippen LogP contribution in [0.15, 0.2) is 24.3 Å². The number of benzene rings is 1. The summed E-state index contributed by atoms with van der Waals surface area (Å²) in [7, 11) is 1.64. The Kier molecular flexibility index (Phi) is 12.3. The summed E-state index contributed by atoms with van der Waals surface area (Å²) < 4.78 is 11.1. The highest BCUT2D eigenvalue weighted by Crippen LogP contribution is 2.33. The van der Waals surface area contributed by atoms with E-state index < -0.39 is 17.6 Å². The van der Waals surface area contributed by atoms with Gasteiger partial charge >= 0.3 is 0 Å². The number of nitrogens with two attached hydrogens (primary N) is 1. The Morgan fingerprint density at radius 1 is 1.28 bits per heavy atom. The number of ether oxygens (including phenoxy) is 2. The lowest BCUT2D eigenvalue weighted by molar-refractivity contribution is -0.125. The van der Waals surface area contributed by atoms with Gasteiger partial charge in [-0.05, 0) is 36.3 Å². The van der Waals surface area contributed by atoms with E-state index in [0.717, 1.165) is 30.5 Å². The summed E-state index contributed by atoms with van der Waals surface area (Å²) in [5.74, 6) is -0.374. The number of amides is 2. The molecule has 1 aliphatic rings. The lowest BCUT2D eigenvalue weighted by Gasteiger charge is -2.37. The van der Waals surface area contributed by atoms with E-state index in [4.69, 9.17) is 15.2 Å². The minimum atomic E-state index is -0.819. The van der Waals surface area contributed by atoms with E-state index in [1.165, 1.54) is 0 Å². The highest BCUT2D eigenvalue weighted by molar-refractivity contribution is 5.95. The first-order valence-corrected chi connectivity index (χ1v) is 13.3. The zero-order valence-corrected chi connectivity index (χ0v) is 22.8. The van der Waals surface area contributed by atoms with Crippen LogP contribution in [0.1, 0.15) is 65.4 Å². The second-order valence-corrected chi connectivity index (χ2v) is 10.9. The lowest BCUT2D eigenvalue weighted by Crippen LogP contribution is -2.46. The third-order valence-corrected chi connectivity index (χ3v) is 6.84. The van der Waals surface area contributed by atoms with Crippen LogP contribution in [-0.4, -0.2) is 68.6 Å². The maximum Gasteiger partial charge on any atom is 0.227 e. The van der Waals surface area contributed by atoms with Gasteiger partial charge in [0.15, 0.2) is 0 Å². The summed E-state index contributed by atoms with van der Waals surface area (Å²) >= 11 is 0. The van der Waals surface area contributed by atoms with Gasteiger partial charge in [0.2, 0.25) is 11.8 Å². The smallest absolute Gasteiger partial charge is 0.227 e. The average Bonchev–Trinajstić information content (AvgIpc) is 2.83. The van der Waals surface area contributed by atoms with Gasteiger partial charge in [0.05, 0.1) is 32.0 Å². The fraction of sp³-hybridized carbons (Fsp3) is 0.714. The second-order valence-electron chi connectivity index (χ2n) is 10.9. The summed E-state index contributed by atoms with van der Waals surface area (Å²) in [6.45, 7) is 10.0. The number of unbranched alkanes of at least 4 members (excludes halogenated alkanes) is 1. The highest BCUT2D eigenvalue weighted by atomic mass is 16.5. The number of anilines is 1. The zero-order valence-electron chi connectivity index (χ0n) is 22.8. The maximum absolute atomic E-state index is 13.5. The molecule has 0 unspecified atom stereocenters. The molecule has 8 heteroatoms. The van der Waals surface area contributed by atoms with E-state index in [2.05, 4.69) is 12.2 Å². The molecule has 0 spiro atoms. The fourth-order valence-corrected chi connectivity index (χ4v) is 4.76. The molecule has 0 fully saturated rings. The molecule has 4 N–H and O–H groups in total. The lowest BCUT2D eigenvalue weighted by atomic mass is 9.79. The number of aliphatic hydroxyl groups is 1. The van der Waals surface area contributed by atoms with Crippen LogP contribution in [0.3, 0.4) is 0 Å². The molecule has 2 rings (SSSR count). The number of para-hydroxylation sites is 1.